The zero-order chi connectivity index (χ0) is 22.1. The lowest BCUT2D eigenvalue weighted by molar-refractivity contribution is -0.116. The molecule has 1 aliphatic heterocycles. The molecule has 2 aromatic heterocycles. The molecule has 1 aromatic carbocycles. The van der Waals surface area contributed by atoms with Crippen LogP contribution in [0, 0.1) is 11.3 Å². The lowest BCUT2D eigenvalue weighted by Gasteiger charge is -2.31. The molecule has 1 amide bonds. The van der Waals surface area contributed by atoms with Gasteiger partial charge >= 0.3 is 0 Å². The van der Waals surface area contributed by atoms with E-state index in [1.165, 1.54) is 15.8 Å². The number of amides is 1. The maximum Gasteiger partial charge on any atom is 0.226 e. The van der Waals surface area contributed by atoms with E-state index in [1.54, 1.807) is 18.4 Å². The van der Waals surface area contributed by atoms with Crippen LogP contribution in [0.25, 0.3) is 10.9 Å². The standard InChI is InChI=1S/C25H28N4O2S/c1-31-17-5-6-22-19(13-17)21(15-27-22)16-7-10-29(11-8-16)12-9-24(30)28-25-20(14-26)18-3-2-4-23(18)32-25/h5-6,13,15-16,27H,2-4,7-12H2,1H3,(H,28,30). The number of thiophene rings is 1. The van der Waals surface area contributed by atoms with Gasteiger partial charge in [-0.3, -0.25) is 4.79 Å². The number of methoxy groups -OCH3 is 1. The Balaban J connectivity index is 1.14. The Morgan fingerprint density at radius 2 is 2.19 bits per heavy atom. The summed E-state index contributed by atoms with van der Waals surface area (Å²) in [5.74, 6) is 1.41. The van der Waals surface area contributed by atoms with Crippen molar-refractivity contribution in [1.82, 2.24) is 9.88 Å². The van der Waals surface area contributed by atoms with Gasteiger partial charge < -0.3 is 19.9 Å². The summed E-state index contributed by atoms with van der Waals surface area (Å²) >= 11 is 1.59. The van der Waals surface area contributed by atoms with Crippen molar-refractivity contribution >= 4 is 33.1 Å². The van der Waals surface area contributed by atoms with Crippen LogP contribution in [0.3, 0.4) is 0 Å². The summed E-state index contributed by atoms with van der Waals surface area (Å²) in [6, 6.07) is 8.48. The quantitative estimate of drug-likeness (QED) is 0.567. The maximum atomic E-state index is 12.6. The van der Waals surface area contributed by atoms with Gasteiger partial charge in [-0.1, -0.05) is 0 Å². The van der Waals surface area contributed by atoms with Crippen LogP contribution in [0.15, 0.2) is 24.4 Å². The Morgan fingerprint density at radius 3 is 2.97 bits per heavy atom. The summed E-state index contributed by atoms with van der Waals surface area (Å²) in [6.45, 7) is 2.74. The Hall–Kier alpha value is -2.82. The Kier molecular flexibility index (Phi) is 5.90. The van der Waals surface area contributed by atoms with E-state index in [9.17, 15) is 10.1 Å². The molecule has 3 aromatic rings. The number of nitrogens with zero attached hydrogens (tertiary/aromatic N) is 2. The van der Waals surface area contributed by atoms with Gasteiger partial charge in [-0.2, -0.15) is 5.26 Å². The van der Waals surface area contributed by atoms with E-state index in [0.29, 0.717) is 17.9 Å². The first-order chi connectivity index (χ1) is 15.7. The lowest BCUT2D eigenvalue weighted by atomic mass is 9.89. The number of likely N-dealkylation sites (tertiary alicyclic amines) is 1. The molecule has 7 heteroatoms. The monoisotopic (exact) mass is 448 g/mol. The van der Waals surface area contributed by atoms with Gasteiger partial charge in [0.15, 0.2) is 0 Å². The molecule has 1 aliphatic carbocycles. The van der Waals surface area contributed by atoms with E-state index >= 15 is 0 Å². The molecule has 1 saturated heterocycles. The number of hydrogen-bond acceptors (Lipinski definition) is 5. The van der Waals surface area contributed by atoms with Crippen molar-refractivity contribution in [3.63, 3.8) is 0 Å². The Morgan fingerprint density at radius 1 is 1.34 bits per heavy atom. The zero-order valence-corrected chi connectivity index (χ0v) is 19.2. The molecule has 1 fully saturated rings. The molecule has 32 heavy (non-hydrogen) atoms. The van der Waals surface area contributed by atoms with Crippen LogP contribution in [0.4, 0.5) is 5.00 Å². The number of fused-ring (bicyclic) bond motifs is 2. The topological polar surface area (TPSA) is 81.2 Å². The number of aromatic amines is 1. The van der Waals surface area contributed by atoms with Gasteiger partial charge in [-0.05, 0) is 80.4 Å². The zero-order valence-electron chi connectivity index (χ0n) is 18.4. The van der Waals surface area contributed by atoms with Crippen LogP contribution >= 0.6 is 11.3 Å². The molecule has 2 aliphatic rings. The average Bonchev–Trinajstić information content (AvgIpc) is 3.52. The Bertz CT molecular complexity index is 1180. The highest BCUT2D eigenvalue weighted by Gasteiger charge is 2.25. The van der Waals surface area contributed by atoms with Crippen molar-refractivity contribution < 1.29 is 9.53 Å². The molecule has 166 valence electrons. The second kappa shape index (κ2) is 8.97. The second-order valence-corrected chi connectivity index (χ2v) is 9.85. The summed E-state index contributed by atoms with van der Waals surface area (Å²) < 4.78 is 5.40. The van der Waals surface area contributed by atoms with Crippen molar-refractivity contribution in [1.29, 1.82) is 5.26 Å². The summed E-state index contributed by atoms with van der Waals surface area (Å²) in [6.07, 6.45) is 7.88. The largest absolute Gasteiger partial charge is 0.497 e. The number of nitrogens with one attached hydrogen (secondary N) is 2. The SMILES string of the molecule is COc1ccc2[nH]cc(C3CCN(CCC(=O)Nc4sc5c(c4C#N)CCC5)CC3)c2c1. The van der Waals surface area contributed by atoms with Crippen molar-refractivity contribution in [2.45, 2.75) is 44.4 Å². The Labute approximate surface area is 192 Å². The molecule has 0 spiro atoms. The van der Waals surface area contributed by atoms with E-state index in [1.807, 2.05) is 6.07 Å². The minimum Gasteiger partial charge on any atom is -0.497 e. The molecule has 3 heterocycles. The van der Waals surface area contributed by atoms with E-state index in [2.05, 4.69) is 39.6 Å². The number of aryl methyl sites for hydroxylation is 1. The van der Waals surface area contributed by atoms with Gasteiger partial charge in [0, 0.05) is 34.9 Å². The molecule has 2 N–H and O–H groups in total. The van der Waals surface area contributed by atoms with Crippen LogP contribution in [-0.2, 0) is 17.6 Å². The molecule has 0 radical (unpaired) electrons. The smallest absolute Gasteiger partial charge is 0.226 e. The molecule has 0 saturated carbocycles. The van der Waals surface area contributed by atoms with E-state index in [0.717, 1.165) is 73.6 Å². The number of benzene rings is 1. The molecule has 0 bridgehead atoms. The van der Waals surface area contributed by atoms with Crippen molar-refractivity contribution in [2.75, 3.05) is 32.1 Å². The number of H-pyrrole nitrogens is 1. The number of rotatable bonds is 6. The minimum absolute atomic E-state index is 0.00673. The highest BCUT2D eigenvalue weighted by atomic mass is 32.1. The number of aromatic nitrogens is 1. The lowest BCUT2D eigenvalue weighted by Crippen LogP contribution is -2.35. The number of carbonyl (C=O) groups excluding carboxylic acids is 1. The van der Waals surface area contributed by atoms with Crippen LogP contribution in [0.1, 0.15) is 53.2 Å². The normalized spacial score (nSPS) is 16.8. The molecular formula is C25H28N4O2S. The van der Waals surface area contributed by atoms with Crippen LogP contribution in [0.2, 0.25) is 0 Å². The van der Waals surface area contributed by atoms with Crippen LogP contribution in [-0.4, -0.2) is 42.5 Å². The summed E-state index contributed by atoms with van der Waals surface area (Å²) in [7, 11) is 1.70. The molecule has 5 rings (SSSR count). The first-order valence-electron chi connectivity index (χ1n) is 11.4. The van der Waals surface area contributed by atoms with Crippen molar-refractivity contribution in [2.24, 2.45) is 0 Å². The number of ether oxygens (including phenoxy) is 1. The average molecular weight is 449 g/mol. The van der Waals surface area contributed by atoms with Gasteiger partial charge in [0.1, 0.15) is 16.8 Å². The third-order valence-electron chi connectivity index (χ3n) is 6.89. The van der Waals surface area contributed by atoms with Gasteiger partial charge in [0.2, 0.25) is 5.91 Å². The van der Waals surface area contributed by atoms with Crippen LogP contribution < -0.4 is 10.1 Å². The second-order valence-electron chi connectivity index (χ2n) is 8.74. The number of hydrogen-bond donors (Lipinski definition) is 2. The first-order valence-corrected chi connectivity index (χ1v) is 12.2. The molecule has 6 nitrogen and oxygen atoms in total. The summed E-state index contributed by atoms with van der Waals surface area (Å²) in [5, 5.41) is 14.5. The number of anilines is 1. The third kappa shape index (κ3) is 4.01. The predicted molar refractivity (Wildman–Crippen MR) is 128 cm³/mol. The summed E-state index contributed by atoms with van der Waals surface area (Å²) in [4.78, 5) is 19.6. The fraction of sp³-hybridized carbons (Fsp3) is 0.440. The molecular weight excluding hydrogens is 420 g/mol. The fourth-order valence-corrected chi connectivity index (χ4v) is 6.37. The first kappa shape index (κ1) is 21.0. The highest BCUT2D eigenvalue weighted by molar-refractivity contribution is 7.16. The highest BCUT2D eigenvalue weighted by Crippen LogP contribution is 2.39. The third-order valence-corrected chi connectivity index (χ3v) is 8.10. The van der Waals surface area contributed by atoms with Crippen molar-refractivity contribution in [3.8, 4) is 11.8 Å². The van der Waals surface area contributed by atoms with Crippen LogP contribution in [0.5, 0.6) is 5.75 Å². The fourth-order valence-electron chi connectivity index (χ4n) is 5.11. The van der Waals surface area contributed by atoms with Crippen molar-refractivity contribution in [3.05, 3.63) is 46.0 Å². The number of carbonyl (C=O) groups is 1. The van der Waals surface area contributed by atoms with E-state index in [-0.39, 0.29) is 5.91 Å². The number of piperidine rings is 1. The maximum absolute atomic E-state index is 12.6. The molecule has 0 unspecified atom stereocenters. The minimum atomic E-state index is 0.00673. The molecule has 0 atom stereocenters. The van der Waals surface area contributed by atoms with Gasteiger partial charge in [0.25, 0.3) is 0 Å². The predicted octanol–water partition coefficient (Wildman–Crippen LogP) is 4.81. The number of nitriles is 1. The van der Waals surface area contributed by atoms with Gasteiger partial charge in [0.05, 0.1) is 12.7 Å². The van der Waals surface area contributed by atoms with Gasteiger partial charge in [-0.25, -0.2) is 0 Å². The van der Waals surface area contributed by atoms with Gasteiger partial charge in [-0.15, -0.1) is 11.3 Å². The summed E-state index contributed by atoms with van der Waals surface area (Å²) in [5.41, 5.74) is 4.36. The van der Waals surface area contributed by atoms with E-state index in [4.69, 9.17) is 4.74 Å². The van der Waals surface area contributed by atoms with E-state index < -0.39 is 0 Å².